The van der Waals surface area contributed by atoms with Gasteiger partial charge in [0.05, 0.1) is 6.61 Å². The maximum absolute atomic E-state index is 12.7. The van der Waals surface area contributed by atoms with E-state index in [2.05, 4.69) is 16.9 Å². The average Bonchev–Trinajstić information content (AvgIpc) is 3.15. The molecule has 0 aliphatic carbocycles. The van der Waals surface area contributed by atoms with E-state index in [4.69, 9.17) is 4.74 Å². The molecule has 0 aromatic carbocycles. The van der Waals surface area contributed by atoms with Gasteiger partial charge in [-0.25, -0.2) is 4.68 Å². The molecule has 1 unspecified atom stereocenters. The molecular weight excluding hydrogens is 308 g/mol. The third-order valence-electron chi connectivity index (χ3n) is 4.83. The summed E-state index contributed by atoms with van der Waals surface area (Å²) in [5, 5.41) is 4.26. The van der Waals surface area contributed by atoms with E-state index in [9.17, 15) is 9.59 Å². The monoisotopic (exact) mass is 334 g/mol. The predicted octanol–water partition coefficient (Wildman–Crippen LogP) is 0.590. The van der Waals surface area contributed by atoms with Crippen molar-refractivity contribution in [1.29, 1.82) is 0 Å². The van der Waals surface area contributed by atoms with Gasteiger partial charge in [0.1, 0.15) is 5.69 Å². The number of amides is 1. The molecule has 3 heterocycles. The van der Waals surface area contributed by atoms with Gasteiger partial charge in [-0.2, -0.15) is 5.10 Å². The minimum Gasteiger partial charge on any atom is -0.380 e. The van der Waals surface area contributed by atoms with Crippen LogP contribution in [0.4, 0.5) is 0 Å². The molecule has 7 heteroatoms. The number of ether oxygens (including phenoxy) is 1. The Morgan fingerprint density at radius 1 is 1.29 bits per heavy atom. The van der Waals surface area contributed by atoms with Crippen molar-refractivity contribution in [3.63, 3.8) is 0 Å². The lowest BCUT2D eigenvalue weighted by molar-refractivity contribution is 0.0542. The molecule has 3 rings (SSSR count). The van der Waals surface area contributed by atoms with E-state index in [-0.39, 0.29) is 11.5 Å². The minimum absolute atomic E-state index is 0.0810. The largest absolute Gasteiger partial charge is 0.380 e. The van der Waals surface area contributed by atoms with Crippen molar-refractivity contribution in [3.05, 3.63) is 28.2 Å². The van der Waals surface area contributed by atoms with Crippen LogP contribution >= 0.6 is 0 Å². The summed E-state index contributed by atoms with van der Waals surface area (Å²) < 4.78 is 6.85. The van der Waals surface area contributed by atoms with Gasteiger partial charge in [-0.3, -0.25) is 14.5 Å². The van der Waals surface area contributed by atoms with Gasteiger partial charge in [0, 0.05) is 51.4 Å². The molecule has 1 aromatic rings. The van der Waals surface area contributed by atoms with Crippen LogP contribution in [0.5, 0.6) is 0 Å². The molecule has 1 atom stereocenters. The van der Waals surface area contributed by atoms with E-state index in [1.165, 1.54) is 10.7 Å². The van der Waals surface area contributed by atoms with Crippen LogP contribution in [0.25, 0.3) is 0 Å². The second-order valence-electron chi connectivity index (χ2n) is 6.48. The first kappa shape index (κ1) is 17.1. The number of nitrogens with zero attached hydrogens (tertiary/aromatic N) is 4. The van der Waals surface area contributed by atoms with Crippen molar-refractivity contribution in [2.45, 2.75) is 38.8 Å². The lowest BCUT2D eigenvalue weighted by atomic mass is 10.2. The molecule has 0 radical (unpaired) electrons. The van der Waals surface area contributed by atoms with Crippen LogP contribution in [0.3, 0.4) is 0 Å². The molecule has 1 aromatic heterocycles. The van der Waals surface area contributed by atoms with E-state index in [1.54, 1.807) is 6.07 Å². The van der Waals surface area contributed by atoms with Crippen LogP contribution in [-0.2, 0) is 11.3 Å². The molecular formula is C17H26N4O3. The molecule has 0 spiro atoms. The van der Waals surface area contributed by atoms with Gasteiger partial charge in [-0.1, -0.05) is 13.3 Å². The molecule has 132 valence electrons. The number of rotatable bonds is 5. The van der Waals surface area contributed by atoms with Gasteiger partial charge in [0.25, 0.3) is 11.5 Å². The van der Waals surface area contributed by atoms with Crippen molar-refractivity contribution >= 4 is 5.91 Å². The molecule has 0 N–H and O–H groups in total. The van der Waals surface area contributed by atoms with E-state index >= 15 is 0 Å². The minimum atomic E-state index is -0.147. The lowest BCUT2D eigenvalue weighted by Gasteiger charge is -2.37. The highest BCUT2D eigenvalue weighted by atomic mass is 16.5. The van der Waals surface area contributed by atoms with Crippen molar-refractivity contribution in [3.8, 4) is 0 Å². The molecule has 1 amide bonds. The normalized spacial score (nSPS) is 22.0. The summed E-state index contributed by atoms with van der Waals surface area (Å²) in [6.45, 7) is 7.41. The summed E-state index contributed by atoms with van der Waals surface area (Å²) in [6, 6.07) is 3.49. The van der Waals surface area contributed by atoms with Crippen molar-refractivity contribution < 1.29 is 9.53 Å². The lowest BCUT2D eigenvalue weighted by Crippen LogP contribution is -2.52. The molecule has 2 saturated heterocycles. The Hall–Kier alpha value is -1.73. The standard InChI is InChI=1S/C17H26N4O3/c1-2-3-7-21-16(22)5-4-15(18-21)17(23)20-10-8-19(9-11-20)14-6-12-24-13-14/h4-5,14H,2-3,6-13H2,1H3. The molecule has 7 nitrogen and oxygen atoms in total. The van der Waals surface area contributed by atoms with E-state index in [1.807, 2.05) is 4.90 Å². The Balaban J connectivity index is 1.61. The molecule has 0 bridgehead atoms. The summed E-state index contributed by atoms with van der Waals surface area (Å²) in [4.78, 5) is 28.7. The van der Waals surface area contributed by atoms with Gasteiger partial charge in [-0.05, 0) is 18.9 Å². The van der Waals surface area contributed by atoms with Crippen LogP contribution in [0.1, 0.15) is 36.7 Å². The van der Waals surface area contributed by atoms with Gasteiger partial charge in [0.2, 0.25) is 0 Å². The second kappa shape index (κ2) is 7.90. The Kier molecular flexibility index (Phi) is 5.63. The summed E-state index contributed by atoms with van der Waals surface area (Å²) in [6.07, 6.45) is 2.95. The summed E-state index contributed by atoms with van der Waals surface area (Å²) >= 11 is 0. The second-order valence-corrected chi connectivity index (χ2v) is 6.48. The fraction of sp³-hybridized carbons (Fsp3) is 0.706. The van der Waals surface area contributed by atoms with Crippen molar-refractivity contribution in [1.82, 2.24) is 19.6 Å². The van der Waals surface area contributed by atoms with Crippen LogP contribution in [-0.4, -0.2) is 70.9 Å². The first-order valence-corrected chi connectivity index (χ1v) is 8.88. The van der Waals surface area contributed by atoms with E-state index in [0.29, 0.717) is 31.4 Å². The third-order valence-corrected chi connectivity index (χ3v) is 4.83. The average molecular weight is 334 g/mol. The van der Waals surface area contributed by atoms with Gasteiger partial charge >= 0.3 is 0 Å². The van der Waals surface area contributed by atoms with Crippen LogP contribution in [0.2, 0.25) is 0 Å². The molecule has 24 heavy (non-hydrogen) atoms. The topological polar surface area (TPSA) is 67.7 Å². The first-order chi connectivity index (χ1) is 11.7. The van der Waals surface area contributed by atoms with Crippen LogP contribution in [0.15, 0.2) is 16.9 Å². The molecule has 2 aliphatic heterocycles. The number of aryl methyl sites for hydroxylation is 1. The highest BCUT2D eigenvalue weighted by molar-refractivity contribution is 5.92. The van der Waals surface area contributed by atoms with E-state index in [0.717, 1.165) is 45.6 Å². The summed E-state index contributed by atoms with van der Waals surface area (Å²) in [7, 11) is 0. The number of unbranched alkanes of at least 4 members (excludes halogenated alkanes) is 1. The van der Waals surface area contributed by atoms with Gasteiger partial charge in [0.15, 0.2) is 0 Å². The fourth-order valence-electron chi connectivity index (χ4n) is 3.29. The number of carbonyl (C=O) groups excluding carboxylic acids is 1. The zero-order valence-corrected chi connectivity index (χ0v) is 14.3. The Bertz CT molecular complexity index is 617. The highest BCUT2D eigenvalue weighted by Gasteiger charge is 2.29. The van der Waals surface area contributed by atoms with Crippen LogP contribution in [0, 0.1) is 0 Å². The fourth-order valence-corrected chi connectivity index (χ4v) is 3.29. The summed E-state index contributed by atoms with van der Waals surface area (Å²) in [5.74, 6) is -0.0810. The number of piperazine rings is 1. The smallest absolute Gasteiger partial charge is 0.274 e. The number of hydrogen-bond donors (Lipinski definition) is 0. The highest BCUT2D eigenvalue weighted by Crippen LogP contribution is 2.15. The first-order valence-electron chi connectivity index (χ1n) is 8.88. The zero-order chi connectivity index (χ0) is 16.9. The van der Waals surface area contributed by atoms with Gasteiger partial charge < -0.3 is 9.64 Å². The summed E-state index contributed by atoms with van der Waals surface area (Å²) in [5.41, 5.74) is 0.217. The SMILES string of the molecule is CCCCn1nc(C(=O)N2CCN(C3CCOC3)CC2)ccc1=O. The predicted molar refractivity (Wildman–Crippen MR) is 90.1 cm³/mol. The maximum Gasteiger partial charge on any atom is 0.274 e. The quantitative estimate of drug-likeness (QED) is 0.788. The Labute approximate surface area is 142 Å². The van der Waals surface area contributed by atoms with Crippen LogP contribution < -0.4 is 5.56 Å². The number of aromatic nitrogens is 2. The van der Waals surface area contributed by atoms with Crippen molar-refractivity contribution in [2.24, 2.45) is 0 Å². The molecule has 2 fully saturated rings. The number of carbonyl (C=O) groups is 1. The number of hydrogen-bond acceptors (Lipinski definition) is 5. The third kappa shape index (κ3) is 3.84. The zero-order valence-electron chi connectivity index (χ0n) is 14.3. The maximum atomic E-state index is 12.7. The van der Waals surface area contributed by atoms with Crippen molar-refractivity contribution in [2.75, 3.05) is 39.4 Å². The molecule has 0 saturated carbocycles. The molecule has 2 aliphatic rings. The Morgan fingerprint density at radius 2 is 2.08 bits per heavy atom. The van der Waals surface area contributed by atoms with Gasteiger partial charge in [-0.15, -0.1) is 0 Å². The Morgan fingerprint density at radius 3 is 2.75 bits per heavy atom. The van der Waals surface area contributed by atoms with E-state index < -0.39 is 0 Å².